The predicted molar refractivity (Wildman–Crippen MR) is 204 cm³/mol. The van der Waals surface area contributed by atoms with Gasteiger partial charge in [-0.1, -0.05) is 35.4 Å². The second-order valence-corrected chi connectivity index (χ2v) is 17.2. The molecule has 3 aliphatic carbocycles. The van der Waals surface area contributed by atoms with Crippen molar-refractivity contribution in [1.82, 2.24) is 29.9 Å². The Hall–Kier alpha value is -5.90. The molecular weight excluding hydrogens is 864 g/mol. The molecule has 12 nitrogen and oxygen atoms in total. The Morgan fingerprint density at radius 2 is 1.75 bits per heavy atom. The molecule has 22 heteroatoms. The number of amides is 1. The van der Waals surface area contributed by atoms with E-state index in [9.17, 15) is 44.7 Å². The number of sulfonamides is 1. The zero-order valence-corrected chi connectivity index (χ0v) is 33.0. The van der Waals surface area contributed by atoms with Gasteiger partial charge in [-0.2, -0.15) is 19.0 Å². The lowest BCUT2D eigenvalue weighted by Crippen LogP contribution is -2.50. The van der Waals surface area contributed by atoms with Crippen molar-refractivity contribution >= 4 is 49.9 Å². The number of aryl methyl sites for hydroxylation is 1. The highest BCUT2D eigenvalue weighted by molar-refractivity contribution is 7.92. The number of carbonyl (C=O) groups is 1. The lowest BCUT2D eigenvalue weighted by Gasteiger charge is -2.39. The number of alkyl halides is 6. The van der Waals surface area contributed by atoms with Crippen molar-refractivity contribution in [2.24, 2.45) is 13.0 Å². The summed E-state index contributed by atoms with van der Waals surface area (Å²) in [6, 6.07) is 5.05. The van der Waals surface area contributed by atoms with Crippen LogP contribution in [0.4, 0.5) is 46.6 Å². The van der Waals surface area contributed by atoms with E-state index < -0.39 is 112 Å². The minimum Gasteiger partial charge on any atom is -0.396 e. The molecule has 2 aromatic carbocycles. The van der Waals surface area contributed by atoms with Gasteiger partial charge in [-0.05, 0) is 42.2 Å². The van der Waals surface area contributed by atoms with Gasteiger partial charge in [-0.25, -0.2) is 39.7 Å². The number of fused-ring (bicyclic) bond motifs is 4. The summed E-state index contributed by atoms with van der Waals surface area (Å²) in [6.45, 7) is -1.07. The number of halogens is 9. The van der Waals surface area contributed by atoms with Gasteiger partial charge < -0.3 is 16.2 Å². The molecule has 0 radical (unpaired) electrons. The van der Waals surface area contributed by atoms with Crippen LogP contribution in [0.2, 0.25) is 5.02 Å². The minimum absolute atomic E-state index is 0.0270. The molecular formula is C39H29ClF8N8O4S. The molecule has 5 N–H and O–H groups in total. The van der Waals surface area contributed by atoms with E-state index >= 15 is 8.78 Å². The first-order valence-electron chi connectivity index (χ1n) is 18.0. The van der Waals surface area contributed by atoms with Crippen molar-refractivity contribution < 1.29 is 53.4 Å². The zero-order valence-electron chi connectivity index (χ0n) is 31.4. The molecule has 5 aromatic rings. The van der Waals surface area contributed by atoms with Gasteiger partial charge in [-0.15, -0.1) is 0 Å². The molecule has 3 aliphatic rings. The summed E-state index contributed by atoms with van der Waals surface area (Å²) in [7, 11) is -2.47. The highest BCUT2D eigenvalue weighted by atomic mass is 35.5. The Balaban J connectivity index is 1.29. The van der Waals surface area contributed by atoms with Gasteiger partial charge in [0.05, 0.1) is 58.4 Å². The van der Waals surface area contributed by atoms with E-state index in [0.717, 1.165) is 18.4 Å². The van der Waals surface area contributed by atoms with Crippen molar-refractivity contribution in [1.29, 1.82) is 0 Å². The number of aromatic nitrogens is 5. The van der Waals surface area contributed by atoms with Crippen LogP contribution in [0.5, 0.6) is 0 Å². The topological polar surface area (TPSA) is 170 Å². The van der Waals surface area contributed by atoms with Gasteiger partial charge in [0.2, 0.25) is 15.9 Å². The van der Waals surface area contributed by atoms with E-state index in [2.05, 4.69) is 48.9 Å². The highest BCUT2D eigenvalue weighted by Crippen LogP contribution is 2.57. The highest BCUT2D eigenvalue weighted by Gasteiger charge is 2.61. The number of nitrogens with zero attached hydrogens (tertiary/aromatic N) is 5. The number of aliphatic hydroxyl groups is 1. The Kier molecular flexibility index (Phi) is 9.84. The van der Waals surface area contributed by atoms with Crippen molar-refractivity contribution in [3.63, 3.8) is 0 Å². The smallest absolute Gasteiger partial charge is 0.304 e. The standard InChI is InChI=1S/C39H29ClF8N8O4S/c1-55-33-20(4-6-24(40)30(33)36(53-55)54-61(2,59)60)22-13-25(49)26(7-8-37(58)15-38(45,46)16-37)51-31(22)27(11-17-9-18(41)12-19(42)10-17)50-28(57)14-56-34-29(32(52-56)35(43)44)21-3-5-23(21)39(34,47)48/h4,6,9-10,12-13,21,23,27,35,58H,11,14-16,49H2,1-2H3,(H,50,57)(H,53,54)/t21-,23+,27-/m0/s1. The van der Waals surface area contributed by atoms with E-state index in [4.69, 9.17) is 17.3 Å². The molecule has 3 heterocycles. The summed E-state index contributed by atoms with van der Waals surface area (Å²) >= 11 is 6.56. The number of nitrogens with two attached hydrogens (primary N) is 1. The molecule has 318 valence electrons. The molecule has 1 fully saturated rings. The largest absolute Gasteiger partial charge is 0.396 e. The fraction of sp³-hybridized carbons (Fsp3) is 0.333. The predicted octanol–water partition coefficient (Wildman–Crippen LogP) is 6.09. The van der Waals surface area contributed by atoms with E-state index in [0.29, 0.717) is 10.7 Å². The summed E-state index contributed by atoms with van der Waals surface area (Å²) in [4.78, 5) is 18.6. The maximum Gasteiger partial charge on any atom is 0.304 e. The summed E-state index contributed by atoms with van der Waals surface area (Å²) in [6.07, 6.45) is -4.91. The minimum atomic E-state index is -3.92. The summed E-state index contributed by atoms with van der Waals surface area (Å²) < 4.78 is 145. The lowest BCUT2D eigenvalue weighted by molar-refractivity contribution is -0.176. The second-order valence-electron chi connectivity index (χ2n) is 15.1. The van der Waals surface area contributed by atoms with E-state index in [1.54, 1.807) is 0 Å². The molecule has 0 unspecified atom stereocenters. The van der Waals surface area contributed by atoms with E-state index in [1.807, 2.05) is 0 Å². The molecule has 1 saturated carbocycles. The lowest BCUT2D eigenvalue weighted by atomic mass is 9.77. The number of nitrogens with one attached hydrogen (secondary N) is 2. The quantitative estimate of drug-likeness (QED) is 0.0965. The number of benzene rings is 2. The van der Waals surface area contributed by atoms with E-state index in [-0.39, 0.29) is 55.5 Å². The number of hydrogen-bond acceptors (Lipinski definition) is 8. The van der Waals surface area contributed by atoms with Gasteiger partial charge >= 0.3 is 5.92 Å². The van der Waals surface area contributed by atoms with E-state index in [1.165, 1.54) is 29.9 Å². The SMILES string of the molecule is Cn1nc(NS(C)(=O)=O)c2c(Cl)ccc(-c3cc(N)c(C#CC4(O)CC(F)(F)C4)nc3[C@H](Cc3cc(F)cc(F)c3)NC(=O)Cn3nc(C(F)F)c4c3C(F)(F)[C@@H]3C#C[C@H]43)c21. The van der Waals surface area contributed by atoms with Gasteiger partial charge in [0.25, 0.3) is 12.3 Å². The Labute approximate surface area is 345 Å². The fourth-order valence-electron chi connectivity index (χ4n) is 7.96. The van der Waals surface area contributed by atoms with Crippen LogP contribution in [0, 0.1) is 41.2 Å². The van der Waals surface area contributed by atoms with Gasteiger partial charge in [0.1, 0.15) is 46.8 Å². The van der Waals surface area contributed by atoms with Crippen molar-refractivity contribution in [2.45, 2.75) is 61.6 Å². The van der Waals surface area contributed by atoms with Crippen LogP contribution in [0.15, 0.2) is 36.4 Å². The van der Waals surface area contributed by atoms with Gasteiger partial charge in [0, 0.05) is 29.8 Å². The molecule has 8 rings (SSSR count). The van der Waals surface area contributed by atoms with Crippen LogP contribution in [0.25, 0.3) is 22.0 Å². The molecule has 0 bridgehead atoms. The first-order valence-corrected chi connectivity index (χ1v) is 20.3. The Morgan fingerprint density at radius 3 is 2.36 bits per heavy atom. The number of carbonyl (C=O) groups excluding carboxylic acids is 1. The number of rotatable bonds is 10. The van der Waals surface area contributed by atoms with Crippen molar-refractivity contribution in [3.8, 4) is 34.8 Å². The van der Waals surface area contributed by atoms with Crippen molar-refractivity contribution in [2.75, 3.05) is 16.7 Å². The van der Waals surface area contributed by atoms with Crippen LogP contribution in [-0.4, -0.2) is 61.8 Å². The summed E-state index contributed by atoms with van der Waals surface area (Å²) in [5.41, 5.74) is 1.50. The Bertz CT molecular complexity index is 2920. The average molecular weight is 893 g/mol. The third kappa shape index (κ3) is 7.59. The van der Waals surface area contributed by atoms with Crippen LogP contribution in [-0.2, 0) is 40.8 Å². The second kappa shape index (κ2) is 14.4. The van der Waals surface area contributed by atoms with Gasteiger partial charge in [0.15, 0.2) is 5.82 Å². The first kappa shape index (κ1) is 41.8. The monoisotopic (exact) mass is 892 g/mol. The van der Waals surface area contributed by atoms with Gasteiger partial charge in [-0.3, -0.25) is 18.9 Å². The molecule has 61 heavy (non-hydrogen) atoms. The Morgan fingerprint density at radius 1 is 1.07 bits per heavy atom. The van der Waals surface area contributed by atoms with Crippen LogP contribution < -0.4 is 15.8 Å². The third-order valence-electron chi connectivity index (χ3n) is 10.4. The van der Waals surface area contributed by atoms with Crippen LogP contribution in [0.1, 0.15) is 65.1 Å². The normalized spacial score (nSPS) is 19.4. The fourth-order valence-corrected chi connectivity index (χ4v) is 8.69. The number of nitrogen functional groups attached to an aromatic ring is 1. The van der Waals surface area contributed by atoms with Crippen LogP contribution >= 0.6 is 11.6 Å². The third-order valence-corrected chi connectivity index (χ3v) is 11.3. The number of hydrogen-bond donors (Lipinski definition) is 4. The molecule has 0 aliphatic heterocycles. The zero-order chi connectivity index (χ0) is 44.1. The summed E-state index contributed by atoms with van der Waals surface area (Å²) in [5, 5.41) is 21.3. The molecule has 0 saturated heterocycles. The van der Waals surface area contributed by atoms with Crippen LogP contribution in [0.3, 0.4) is 0 Å². The molecule has 3 aromatic heterocycles. The number of anilines is 2. The number of pyridine rings is 1. The molecule has 0 spiro atoms. The first-order chi connectivity index (χ1) is 28.4. The summed E-state index contributed by atoms with van der Waals surface area (Å²) in [5.74, 6) is -3.55. The maximum atomic E-state index is 15.6. The average Bonchev–Trinajstić information content (AvgIpc) is 3.67. The van der Waals surface area contributed by atoms with Crippen molar-refractivity contribution in [3.05, 3.63) is 87.0 Å². The maximum absolute atomic E-state index is 15.6. The molecule has 1 amide bonds. The molecule has 3 atom stereocenters.